The van der Waals surface area contributed by atoms with Crippen LogP contribution in [0.25, 0.3) is 0 Å². The first-order valence-corrected chi connectivity index (χ1v) is 9.51. The van der Waals surface area contributed by atoms with Gasteiger partial charge in [0.05, 0.1) is 5.69 Å². The van der Waals surface area contributed by atoms with Crippen molar-refractivity contribution < 1.29 is 14.3 Å². The standard InChI is InChI=1S/C18H22N2O3S.C2H6/c1-5-6-7-22-16-8-13(2)18(14(3)9-16)23-11-15-12-24-17(20-15)10-19-21-4;1-2/h5-6,8-10,12H,7,11H2,1-4H3;1-2H3/b6-5+,19-10-;. The SMILES string of the molecule is C/C=C/COc1cc(C)c(OCc2csc(/C=N\OC)n2)c(C)c1.CC. The number of aromatic nitrogens is 1. The Kier molecular flexibility index (Phi) is 10.1. The smallest absolute Gasteiger partial charge is 0.138 e. The summed E-state index contributed by atoms with van der Waals surface area (Å²) in [6.07, 6.45) is 5.53. The summed E-state index contributed by atoms with van der Waals surface area (Å²) in [6.45, 7) is 11.0. The minimum Gasteiger partial charge on any atom is -0.490 e. The van der Waals surface area contributed by atoms with Gasteiger partial charge in [0.25, 0.3) is 0 Å². The Balaban J connectivity index is 0.00000163. The Hall–Kier alpha value is -2.34. The molecule has 0 saturated carbocycles. The van der Waals surface area contributed by atoms with Gasteiger partial charge in [0.15, 0.2) is 0 Å². The van der Waals surface area contributed by atoms with Crippen molar-refractivity contribution in [2.45, 2.75) is 41.2 Å². The highest BCUT2D eigenvalue weighted by Crippen LogP contribution is 2.29. The number of aryl methyl sites for hydroxylation is 2. The molecular formula is C20H28N2O3S. The molecule has 142 valence electrons. The Morgan fingerprint density at radius 3 is 2.46 bits per heavy atom. The lowest BCUT2D eigenvalue weighted by molar-refractivity contribution is 0.215. The summed E-state index contributed by atoms with van der Waals surface area (Å²) in [7, 11) is 1.51. The Morgan fingerprint density at radius 2 is 1.85 bits per heavy atom. The number of thiazole rings is 1. The van der Waals surface area contributed by atoms with Gasteiger partial charge in [0, 0.05) is 5.38 Å². The van der Waals surface area contributed by atoms with Crippen LogP contribution in [0.1, 0.15) is 42.6 Å². The fourth-order valence-electron chi connectivity index (χ4n) is 2.15. The number of ether oxygens (including phenoxy) is 2. The predicted octanol–water partition coefficient (Wildman–Crippen LogP) is 5.30. The zero-order valence-electron chi connectivity index (χ0n) is 16.4. The zero-order chi connectivity index (χ0) is 19.4. The van der Waals surface area contributed by atoms with Crippen molar-refractivity contribution in [2.24, 2.45) is 5.16 Å². The van der Waals surface area contributed by atoms with Gasteiger partial charge in [0.2, 0.25) is 0 Å². The number of hydrogen-bond acceptors (Lipinski definition) is 6. The summed E-state index contributed by atoms with van der Waals surface area (Å²) in [5.41, 5.74) is 2.95. The zero-order valence-corrected chi connectivity index (χ0v) is 17.2. The van der Waals surface area contributed by atoms with E-state index < -0.39 is 0 Å². The maximum Gasteiger partial charge on any atom is 0.138 e. The second-order valence-corrected chi connectivity index (χ2v) is 6.04. The van der Waals surface area contributed by atoms with Crippen molar-refractivity contribution in [2.75, 3.05) is 13.7 Å². The van der Waals surface area contributed by atoms with Gasteiger partial charge < -0.3 is 14.3 Å². The van der Waals surface area contributed by atoms with Crippen LogP contribution in [0.2, 0.25) is 0 Å². The number of oxime groups is 1. The quantitative estimate of drug-likeness (QED) is 0.356. The Labute approximate surface area is 160 Å². The van der Waals surface area contributed by atoms with Crippen molar-refractivity contribution in [1.82, 2.24) is 4.98 Å². The van der Waals surface area contributed by atoms with Crippen LogP contribution in [0.15, 0.2) is 34.8 Å². The normalized spacial score (nSPS) is 10.7. The molecule has 1 aromatic carbocycles. The molecule has 2 aromatic rings. The van der Waals surface area contributed by atoms with E-state index in [1.807, 2.05) is 64.3 Å². The lowest BCUT2D eigenvalue weighted by Gasteiger charge is -2.13. The third kappa shape index (κ3) is 6.88. The van der Waals surface area contributed by atoms with Crippen molar-refractivity contribution in [3.05, 3.63) is 51.5 Å². The molecule has 0 saturated heterocycles. The van der Waals surface area contributed by atoms with Gasteiger partial charge in [-0.2, -0.15) is 0 Å². The van der Waals surface area contributed by atoms with Gasteiger partial charge in [-0.05, 0) is 44.0 Å². The average Bonchev–Trinajstić information content (AvgIpc) is 3.09. The van der Waals surface area contributed by atoms with E-state index in [0.29, 0.717) is 13.2 Å². The number of rotatable bonds is 8. The van der Waals surface area contributed by atoms with Crippen LogP contribution in [0.3, 0.4) is 0 Å². The second-order valence-electron chi connectivity index (χ2n) is 5.15. The second kappa shape index (κ2) is 12.1. The van der Waals surface area contributed by atoms with Crippen LogP contribution in [-0.2, 0) is 11.4 Å². The van der Waals surface area contributed by atoms with E-state index >= 15 is 0 Å². The Morgan fingerprint density at radius 1 is 1.15 bits per heavy atom. The largest absolute Gasteiger partial charge is 0.490 e. The fourth-order valence-corrected chi connectivity index (χ4v) is 2.81. The van der Waals surface area contributed by atoms with Gasteiger partial charge in [-0.25, -0.2) is 4.98 Å². The minimum atomic E-state index is 0.414. The number of hydrogen-bond donors (Lipinski definition) is 0. The predicted molar refractivity (Wildman–Crippen MR) is 109 cm³/mol. The molecule has 0 bridgehead atoms. The van der Waals surface area contributed by atoms with Crippen LogP contribution < -0.4 is 9.47 Å². The summed E-state index contributed by atoms with van der Waals surface area (Å²) in [5.74, 6) is 1.72. The van der Waals surface area contributed by atoms with Crippen molar-refractivity contribution in [3.8, 4) is 11.5 Å². The molecule has 0 amide bonds. The maximum absolute atomic E-state index is 5.95. The lowest BCUT2D eigenvalue weighted by Crippen LogP contribution is -2.01. The summed E-state index contributed by atoms with van der Waals surface area (Å²) in [5, 5.41) is 6.45. The van der Waals surface area contributed by atoms with E-state index in [1.165, 1.54) is 18.4 Å². The highest BCUT2D eigenvalue weighted by Gasteiger charge is 2.09. The minimum absolute atomic E-state index is 0.414. The van der Waals surface area contributed by atoms with E-state index in [9.17, 15) is 0 Å². The summed E-state index contributed by atoms with van der Waals surface area (Å²) in [6, 6.07) is 3.98. The lowest BCUT2D eigenvalue weighted by atomic mass is 10.1. The maximum atomic E-state index is 5.95. The van der Waals surface area contributed by atoms with Gasteiger partial charge in [0.1, 0.15) is 43.0 Å². The molecule has 1 heterocycles. The first kappa shape index (κ1) is 21.7. The van der Waals surface area contributed by atoms with E-state index in [1.54, 1.807) is 6.21 Å². The third-order valence-electron chi connectivity index (χ3n) is 3.22. The molecule has 0 aliphatic carbocycles. The summed E-state index contributed by atoms with van der Waals surface area (Å²) in [4.78, 5) is 9.07. The summed E-state index contributed by atoms with van der Waals surface area (Å²) >= 11 is 1.50. The van der Waals surface area contributed by atoms with E-state index in [0.717, 1.165) is 33.3 Å². The molecule has 1 aromatic heterocycles. The molecule has 0 atom stereocenters. The number of allylic oxidation sites excluding steroid dienone is 1. The first-order chi connectivity index (χ1) is 12.6. The first-order valence-electron chi connectivity index (χ1n) is 8.63. The van der Waals surface area contributed by atoms with E-state index in [2.05, 4.69) is 15.0 Å². The molecule has 0 N–H and O–H groups in total. The summed E-state index contributed by atoms with van der Waals surface area (Å²) < 4.78 is 11.6. The Bertz CT molecular complexity index is 701. The van der Waals surface area contributed by atoms with E-state index in [-0.39, 0.29) is 0 Å². The highest BCUT2D eigenvalue weighted by molar-refractivity contribution is 7.11. The van der Waals surface area contributed by atoms with Gasteiger partial charge >= 0.3 is 0 Å². The molecule has 0 spiro atoms. The van der Waals surface area contributed by atoms with E-state index in [4.69, 9.17) is 9.47 Å². The van der Waals surface area contributed by atoms with Crippen LogP contribution in [0, 0.1) is 13.8 Å². The van der Waals surface area contributed by atoms with Gasteiger partial charge in [-0.3, -0.25) is 0 Å². The molecule has 0 radical (unpaired) electrons. The molecule has 5 nitrogen and oxygen atoms in total. The molecule has 0 unspecified atom stereocenters. The van der Waals surface area contributed by atoms with Crippen LogP contribution in [-0.4, -0.2) is 24.9 Å². The number of benzene rings is 1. The molecule has 26 heavy (non-hydrogen) atoms. The van der Waals surface area contributed by atoms with Crippen molar-refractivity contribution in [1.29, 1.82) is 0 Å². The third-order valence-corrected chi connectivity index (χ3v) is 4.05. The van der Waals surface area contributed by atoms with Crippen LogP contribution in [0.4, 0.5) is 0 Å². The topological polar surface area (TPSA) is 52.9 Å². The molecular weight excluding hydrogens is 348 g/mol. The number of nitrogens with zero attached hydrogens (tertiary/aromatic N) is 2. The molecule has 2 rings (SSSR count). The van der Waals surface area contributed by atoms with Crippen LogP contribution in [0.5, 0.6) is 11.5 Å². The molecule has 0 aliphatic heterocycles. The van der Waals surface area contributed by atoms with Gasteiger partial charge in [-0.1, -0.05) is 31.2 Å². The molecule has 0 aliphatic rings. The van der Waals surface area contributed by atoms with Gasteiger partial charge in [-0.15, -0.1) is 11.3 Å². The molecule has 0 fully saturated rings. The van der Waals surface area contributed by atoms with Crippen molar-refractivity contribution in [3.63, 3.8) is 0 Å². The van der Waals surface area contributed by atoms with Crippen molar-refractivity contribution >= 4 is 17.6 Å². The molecule has 6 heteroatoms. The average molecular weight is 377 g/mol. The monoisotopic (exact) mass is 376 g/mol. The highest BCUT2D eigenvalue weighted by atomic mass is 32.1. The van der Waals surface area contributed by atoms with Crippen LogP contribution >= 0.6 is 11.3 Å². The fraction of sp³-hybridized carbons (Fsp3) is 0.400.